The van der Waals surface area contributed by atoms with Gasteiger partial charge in [0.1, 0.15) is 4.90 Å². The van der Waals surface area contributed by atoms with Gasteiger partial charge in [-0.25, -0.2) is 18.1 Å². The molecule has 0 bridgehead atoms. The highest BCUT2D eigenvalue weighted by atomic mass is 32.2. The van der Waals surface area contributed by atoms with Crippen LogP contribution in [0.1, 0.15) is 5.69 Å². The van der Waals surface area contributed by atoms with Crippen molar-refractivity contribution in [3.05, 3.63) is 35.0 Å². The number of nitrogen functional groups attached to an aromatic ring is 1. The lowest BCUT2D eigenvalue weighted by Crippen LogP contribution is -2.26. The first-order chi connectivity index (χ1) is 8.59. The third-order valence-corrected chi connectivity index (χ3v) is 4.40. The maximum Gasteiger partial charge on any atom is 0.244 e. The molecule has 0 aromatic carbocycles. The molecule has 0 aliphatic heterocycles. The topological polar surface area (TPSA) is 98.0 Å². The van der Waals surface area contributed by atoms with Crippen molar-refractivity contribution in [1.29, 1.82) is 0 Å². The molecule has 0 radical (unpaired) electrons. The summed E-state index contributed by atoms with van der Waals surface area (Å²) in [4.78, 5) is 7.84. The molecule has 0 saturated carbocycles. The van der Waals surface area contributed by atoms with Gasteiger partial charge in [0.25, 0.3) is 0 Å². The van der Waals surface area contributed by atoms with Gasteiger partial charge in [-0.1, -0.05) is 0 Å². The quantitative estimate of drug-likeness (QED) is 0.839. The van der Waals surface area contributed by atoms with Gasteiger partial charge in [0.2, 0.25) is 10.0 Å². The maximum atomic E-state index is 11.9. The SMILES string of the molecule is Nc1ccncc1S(=O)(=O)NCCc1cscn1. The number of thiazole rings is 1. The van der Waals surface area contributed by atoms with Crippen LogP contribution < -0.4 is 10.5 Å². The van der Waals surface area contributed by atoms with Gasteiger partial charge in [-0.15, -0.1) is 11.3 Å². The zero-order valence-corrected chi connectivity index (χ0v) is 11.0. The van der Waals surface area contributed by atoms with E-state index in [1.165, 1.54) is 29.8 Å². The van der Waals surface area contributed by atoms with Gasteiger partial charge in [-0.2, -0.15) is 0 Å². The van der Waals surface area contributed by atoms with Crippen molar-refractivity contribution in [3.8, 4) is 0 Å². The number of hydrogen-bond donors (Lipinski definition) is 2. The molecule has 0 unspecified atom stereocenters. The molecule has 2 rings (SSSR count). The Bertz CT molecular complexity index is 611. The number of nitrogens with two attached hydrogens (primary N) is 1. The fourth-order valence-corrected chi connectivity index (χ4v) is 3.06. The fourth-order valence-electron chi connectivity index (χ4n) is 1.37. The van der Waals surface area contributed by atoms with Crippen LogP contribution in [0.5, 0.6) is 0 Å². The predicted octanol–water partition coefficient (Wildman–Crippen LogP) is 0.641. The maximum absolute atomic E-state index is 11.9. The standard InChI is InChI=1S/C10H12N4O2S2/c11-9-2-3-12-5-10(9)18(15,16)14-4-1-8-6-17-7-13-8/h2-3,5-7,14H,1,4H2,(H2,11,12). The van der Waals surface area contributed by atoms with Gasteiger partial charge in [0.05, 0.1) is 16.9 Å². The molecule has 0 atom stereocenters. The van der Waals surface area contributed by atoms with Crippen molar-refractivity contribution in [2.45, 2.75) is 11.3 Å². The molecule has 0 spiro atoms. The Hall–Kier alpha value is -1.51. The van der Waals surface area contributed by atoms with Gasteiger partial charge in [0, 0.05) is 30.7 Å². The van der Waals surface area contributed by atoms with Crippen molar-refractivity contribution < 1.29 is 8.42 Å². The normalized spacial score (nSPS) is 11.6. The van der Waals surface area contributed by atoms with E-state index in [1.54, 1.807) is 5.51 Å². The highest BCUT2D eigenvalue weighted by Crippen LogP contribution is 2.15. The lowest BCUT2D eigenvalue weighted by atomic mass is 10.3. The Balaban J connectivity index is 2.02. The van der Waals surface area contributed by atoms with Crippen LogP contribution in [0.15, 0.2) is 34.2 Å². The molecule has 0 aliphatic rings. The minimum atomic E-state index is -3.61. The summed E-state index contributed by atoms with van der Waals surface area (Å²) in [6.45, 7) is 0.278. The first-order valence-electron chi connectivity index (χ1n) is 5.16. The van der Waals surface area contributed by atoms with Gasteiger partial charge >= 0.3 is 0 Å². The van der Waals surface area contributed by atoms with Crippen molar-refractivity contribution in [2.24, 2.45) is 0 Å². The summed E-state index contributed by atoms with van der Waals surface area (Å²) in [6, 6.07) is 1.45. The Morgan fingerprint density at radius 2 is 2.28 bits per heavy atom. The van der Waals surface area contributed by atoms with E-state index in [4.69, 9.17) is 5.73 Å². The molecule has 18 heavy (non-hydrogen) atoms. The Kier molecular flexibility index (Phi) is 3.90. The first kappa shape index (κ1) is 12.9. The number of anilines is 1. The zero-order valence-electron chi connectivity index (χ0n) is 9.41. The monoisotopic (exact) mass is 284 g/mol. The Morgan fingerprint density at radius 3 is 2.94 bits per heavy atom. The van der Waals surface area contributed by atoms with Crippen molar-refractivity contribution in [3.63, 3.8) is 0 Å². The number of hydrogen-bond acceptors (Lipinski definition) is 6. The molecular weight excluding hydrogens is 272 g/mol. The highest BCUT2D eigenvalue weighted by Gasteiger charge is 2.16. The van der Waals surface area contributed by atoms with Crippen molar-refractivity contribution in [1.82, 2.24) is 14.7 Å². The number of rotatable bonds is 5. The highest BCUT2D eigenvalue weighted by molar-refractivity contribution is 7.89. The molecule has 2 aromatic heterocycles. The van der Waals surface area contributed by atoms with Crippen LogP contribution in [-0.4, -0.2) is 24.9 Å². The number of pyridine rings is 1. The number of nitrogens with one attached hydrogen (secondary N) is 1. The fraction of sp³-hybridized carbons (Fsp3) is 0.200. The summed E-state index contributed by atoms with van der Waals surface area (Å²) in [7, 11) is -3.61. The summed E-state index contributed by atoms with van der Waals surface area (Å²) in [5.41, 5.74) is 8.36. The van der Waals surface area contributed by atoms with Crippen LogP contribution in [0.25, 0.3) is 0 Å². The summed E-state index contributed by atoms with van der Waals surface area (Å²) >= 11 is 1.48. The largest absolute Gasteiger partial charge is 0.398 e. The summed E-state index contributed by atoms with van der Waals surface area (Å²) in [5.74, 6) is 0. The van der Waals surface area contributed by atoms with E-state index in [-0.39, 0.29) is 17.1 Å². The van der Waals surface area contributed by atoms with Crippen LogP contribution in [0.4, 0.5) is 5.69 Å². The second-order valence-electron chi connectivity index (χ2n) is 3.54. The lowest BCUT2D eigenvalue weighted by Gasteiger charge is -2.07. The van der Waals surface area contributed by atoms with Crippen LogP contribution in [-0.2, 0) is 16.4 Å². The molecule has 0 aliphatic carbocycles. The van der Waals surface area contributed by atoms with Crippen LogP contribution in [0.3, 0.4) is 0 Å². The van der Waals surface area contributed by atoms with E-state index in [0.29, 0.717) is 6.42 Å². The molecule has 8 heteroatoms. The number of aromatic nitrogens is 2. The average Bonchev–Trinajstić information content (AvgIpc) is 2.82. The van der Waals surface area contributed by atoms with E-state index < -0.39 is 10.0 Å². The summed E-state index contributed by atoms with van der Waals surface area (Å²) in [5, 5.41) is 1.88. The van der Waals surface area contributed by atoms with E-state index in [9.17, 15) is 8.42 Å². The van der Waals surface area contributed by atoms with E-state index in [0.717, 1.165) is 5.69 Å². The van der Waals surface area contributed by atoms with Crippen molar-refractivity contribution >= 4 is 27.0 Å². The first-order valence-corrected chi connectivity index (χ1v) is 7.58. The Labute approximate surface area is 109 Å². The second kappa shape index (κ2) is 5.42. The average molecular weight is 284 g/mol. The smallest absolute Gasteiger partial charge is 0.244 e. The van der Waals surface area contributed by atoms with E-state index in [2.05, 4.69) is 14.7 Å². The van der Waals surface area contributed by atoms with Gasteiger partial charge < -0.3 is 5.73 Å². The number of sulfonamides is 1. The van der Waals surface area contributed by atoms with Crippen LogP contribution >= 0.6 is 11.3 Å². The van der Waals surface area contributed by atoms with E-state index >= 15 is 0 Å². The van der Waals surface area contributed by atoms with Crippen LogP contribution in [0, 0.1) is 0 Å². The molecule has 96 valence electrons. The number of nitrogens with zero attached hydrogens (tertiary/aromatic N) is 2. The van der Waals surface area contributed by atoms with Gasteiger partial charge in [0.15, 0.2) is 0 Å². The minimum absolute atomic E-state index is 0.00304. The molecule has 2 heterocycles. The molecule has 6 nitrogen and oxygen atoms in total. The summed E-state index contributed by atoms with van der Waals surface area (Å²) in [6.07, 6.45) is 3.23. The predicted molar refractivity (Wildman–Crippen MR) is 69.7 cm³/mol. The molecule has 0 amide bonds. The Morgan fingerprint density at radius 1 is 1.44 bits per heavy atom. The third kappa shape index (κ3) is 3.03. The van der Waals surface area contributed by atoms with Gasteiger partial charge in [-0.05, 0) is 6.07 Å². The third-order valence-electron chi connectivity index (χ3n) is 2.26. The second-order valence-corrected chi connectivity index (χ2v) is 6.00. The minimum Gasteiger partial charge on any atom is -0.398 e. The van der Waals surface area contributed by atoms with E-state index in [1.807, 2.05) is 5.38 Å². The molecule has 3 N–H and O–H groups in total. The van der Waals surface area contributed by atoms with Gasteiger partial charge in [-0.3, -0.25) is 4.98 Å². The van der Waals surface area contributed by atoms with Crippen molar-refractivity contribution in [2.75, 3.05) is 12.3 Å². The molecule has 0 fully saturated rings. The summed E-state index contributed by atoms with van der Waals surface area (Å²) < 4.78 is 26.3. The lowest BCUT2D eigenvalue weighted by molar-refractivity contribution is 0.581. The molecular formula is C10H12N4O2S2. The molecule has 2 aromatic rings. The molecule has 0 saturated heterocycles. The zero-order chi connectivity index (χ0) is 13.0. The van der Waals surface area contributed by atoms with Crippen LogP contribution in [0.2, 0.25) is 0 Å².